The molecule has 1 amide bonds. The van der Waals surface area contributed by atoms with Crippen molar-refractivity contribution in [1.29, 1.82) is 0 Å². The Hall–Kier alpha value is -3.04. The second-order valence-electron chi connectivity index (χ2n) is 8.93. The van der Waals surface area contributed by atoms with Crippen molar-refractivity contribution in [2.75, 3.05) is 52.5 Å². The number of aromatic nitrogens is 2. The molecule has 4 aromatic rings. The smallest absolute Gasteiger partial charge is 0.248 e. The minimum atomic E-state index is 0.0290. The second kappa shape index (κ2) is 12.3. The van der Waals surface area contributed by atoms with Crippen molar-refractivity contribution in [1.82, 2.24) is 19.2 Å². The molecule has 0 aliphatic carbocycles. The molecule has 1 aliphatic rings. The molecular weight excluding hydrogens is 472 g/mol. The third kappa shape index (κ3) is 6.39. The quantitative estimate of drug-likeness (QED) is 0.309. The molecule has 2 aromatic heterocycles. The first kappa shape index (κ1) is 24.6. The average molecular weight is 505 g/mol. The highest BCUT2D eigenvalue weighted by Crippen LogP contribution is 2.24. The molecule has 0 saturated carbocycles. The van der Waals surface area contributed by atoms with E-state index in [1.807, 2.05) is 53.4 Å². The summed E-state index contributed by atoms with van der Waals surface area (Å²) >= 11 is 1.64. The van der Waals surface area contributed by atoms with E-state index < -0.39 is 0 Å². The molecule has 5 rings (SSSR count). The van der Waals surface area contributed by atoms with Crippen LogP contribution in [-0.2, 0) is 27.3 Å². The molecule has 0 N–H and O–H groups in total. The SMILES string of the molecule is O=C(COCc1ccccc1)N(CCc1csc2nc(-c3ccccc3)cn12)CCN1CCOCC1. The fourth-order valence-electron chi connectivity index (χ4n) is 4.38. The summed E-state index contributed by atoms with van der Waals surface area (Å²) in [5.74, 6) is 0.0290. The Balaban J connectivity index is 1.22. The van der Waals surface area contributed by atoms with E-state index in [0.29, 0.717) is 19.7 Å². The Bertz CT molecular complexity index is 1240. The fraction of sp³-hybridized carbons (Fsp3) is 0.357. The van der Waals surface area contributed by atoms with E-state index in [9.17, 15) is 4.79 Å². The molecule has 0 atom stereocenters. The summed E-state index contributed by atoms with van der Waals surface area (Å²) in [6, 6.07) is 20.2. The highest BCUT2D eigenvalue weighted by atomic mass is 32.1. The Morgan fingerprint density at radius 2 is 1.78 bits per heavy atom. The summed E-state index contributed by atoms with van der Waals surface area (Å²) in [7, 11) is 0. The fourth-order valence-corrected chi connectivity index (χ4v) is 5.28. The van der Waals surface area contributed by atoms with Crippen molar-refractivity contribution in [3.05, 3.63) is 83.5 Å². The lowest BCUT2D eigenvalue weighted by Crippen LogP contribution is -2.44. The number of benzene rings is 2. The first-order valence-electron chi connectivity index (χ1n) is 12.5. The van der Waals surface area contributed by atoms with Crippen LogP contribution >= 0.6 is 11.3 Å². The average Bonchev–Trinajstić information content (AvgIpc) is 3.52. The van der Waals surface area contributed by atoms with Gasteiger partial charge >= 0.3 is 0 Å². The summed E-state index contributed by atoms with van der Waals surface area (Å²) < 4.78 is 13.4. The normalized spacial score (nSPS) is 14.3. The van der Waals surface area contributed by atoms with E-state index >= 15 is 0 Å². The van der Waals surface area contributed by atoms with Gasteiger partial charge in [0, 0.05) is 62.0 Å². The monoisotopic (exact) mass is 504 g/mol. The molecule has 8 heteroatoms. The highest BCUT2D eigenvalue weighted by Gasteiger charge is 2.18. The summed E-state index contributed by atoms with van der Waals surface area (Å²) in [4.78, 5) is 23.2. The molecule has 1 aliphatic heterocycles. The van der Waals surface area contributed by atoms with Gasteiger partial charge in [0.05, 0.1) is 25.5 Å². The molecular formula is C28H32N4O3S. The van der Waals surface area contributed by atoms with Gasteiger partial charge in [-0.1, -0.05) is 60.7 Å². The van der Waals surface area contributed by atoms with Crippen molar-refractivity contribution in [2.45, 2.75) is 13.0 Å². The number of hydrogen-bond donors (Lipinski definition) is 0. The van der Waals surface area contributed by atoms with Gasteiger partial charge in [-0.25, -0.2) is 4.98 Å². The van der Waals surface area contributed by atoms with Crippen LogP contribution in [0.5, 0.6) is 0 Å². The van der Waals surface area contributed by atoms with Gasteiger partial charge in [-0.05, 0) is 5.56 Å². The number of fused-ring (bicyclic) bond motifs is 1. The molecule has 2 aromatic carbocycles. The Kier molecular flexibility index (Phi) is 8.40. The van der Waals surface area contributed by atoms with E-state index in [1.54, 1.807) is 11.3 Å². The minimum Gasteiger partial charge on any atom is -0.379 e. The molecule has 0 unspecified atom stereocenters. The molecule has 1 saturated heterocycles. The number of thiazole rings is 1. The van der Waals surface area contributed by atoms with Gasteiger partial charge in [-0.15, -0.1) is 11.3 Å². The number of hydrogen-bond acceptors (Lipinski definition) is 6. The van der Waals surface area contributed by atoms with Crippen LogP contribution in [0.15, 0.2) is 72.2 Å². The van der Waals surface area contributed by atoms with E-state index in [0.717, 1.165) is 61.1 Å². The molecule has 188 valence electrons. The maximum atomic E-state index is 13.2. The van der Waals surface area contributed by atoms with Crippen LogP contribution in [-0.4, -0.2) is 77.6 Å². The molecule has 36 heavy (non-hydrogen) atoms. The summed E-state index contributed by atoms with van der Waals surface area (Å²) in [6.45, 7) is 6.02. The van der Waals surface area contributed by atoms with Gasteiger partial charge in [0.25, 0.3) is 0 Å². The number of morpholine rings is 1. The van der Waals surface area contributed by atoms with Crippen molar-refractivity contribution in [3.8, 4) is 11.3 Å². The maximum Gasteiger partial charge on any atom is 0.248 e. The number of rotatable bonds is 11. The van der Waals surface area contributed by atoms with Crippen LogP contribution < -0.4 is 0 Å². The van der Waals surface area contributed by atoms with Gasteiger partial charge in [-0.2, -0.15) is 0 Å². The number of imidazole rings is 1. The lowest BCUT2D eigenvalue weighted by atomic mass is 10.2. The summed E-state index contributed by atoms with van der Waals surface area (Å²) in [6.07, 6.45) is 2.86. The number of carbonyl (C=O) groups excluding carboxylic acids is 1. The number of nitrogens with zero attached hydrogens (tertiary/aromatic N) is 4. The molecule has 0 spiro atoms. The van der Waals surface area contributed by atoms with Crippen LogP contribution in [0.2, 0.25) is 0 Å². The van der Waals surface area contributed by atoms with Gasteiger partial charge in [-0.3, -0.25) is 14.1 Å². The van der Waals surface area contributed by atoms with Crippen LogP contribution in [0.3, 0.4) is 0 Å². The Morgan fingerprint density at radius 3 is 2.56 bits per heavy atom. The largest absolute Gasteiger partial charge is 0.379 e. The third-order valence-corrected chi connectivity index (χ3v) is 7.36. The second-order valence-corrected chi connectivity index (χ2v) is 9.77. The maximum absolute atomic E-state index is 13.2. The van der Waals surface area contributed by atoms with Gasteiger partial charge in [0.15, 0.2) is 4.96 Å². The van der Waals surface area contributed by atoms with Gasteiger partial charge < -0.3 is 14.4 Å². The summed E-state index contributed by atoms with van der Waals surface area (Å²) in [5.41, 5.74) is 4.31. The number of amides is 1. The predicted octanol–water partition coefficient (Wildman–Crippen LogP) is 3.98. The van der Waals surface area contributed by atoms with Crippen LogP contribution in [0.25, 0.3) is 16.2 Å². The summed E-state index contributed by atoms with van der Waals surface area (Å²) in [5, 5.41) is 2.15. The Morgan fingerprint density at radius 1 is 1.03 bits per heavy atom. The lowest BCUT2D eigenvalue weighted by Gasteiger charge is -2.30. The molecule has 0 bridgehead atoms. The first-order chi connectivity index (χ1) is 17.8. The van der Waals surface area contributed by atoms with E-state index in [-0.39, 0.29) is 12.5 Å². The van der Waals surface area contributed by atoms with E-state index in [2.05, 4.69) is 33.0 Å². The third-order valence-electron chi connectivity index (χ3n) is 6.47. The predicted molar refractivity (Wildman–Crippen MR) is 142 cm³/mol. The highest BCUT2D eigenvalue weighted by molar-refractivity contribution is 7.15. The van der Waals surface area contributed by atoms with Gasteiger partial charge in [0.2, 0.25) is 5.91 Å². The molecule has 1 fully saturated rings. The van der Waals surface area contributed by atoms with Crippen LogP contribution in [0, 0.1) is 0 Å². The number of ether oxygens (including phenoxy) is 2. The topological polar surface area (TPSA) is 59.3 Å². The molecule has 0 radical (unpaired) electrons. The van der Waals surface area contributed by atoms with Crippen molar-refractivity contribution in [2.24, 2.45) is 0 Å². The van der Waals surface area contributed by atoms with Crippen molar-refractivity contribution in [3.63, 3.8) is 0 Å². The zero-order valence-electron chi connectivity index (χ0n) is 20.4. The Labute approximate surface area is 215 Å². The van der Waals surface area contributed by atoms with E-state index in [4.69, 9.17) is 14.5 Å². The van der Waals surface area contributed by atoms with E-state index in [1.165, 1.54) is 5.69 Å². The standard InChI is InChI=1S/C28H32N4O3S/c33-27(21-35-20-23-7-3-1-4-8-23)31(14-13-30-15-17-34-18-16-30)12-11-25-22-36-28-29-26(19-32(25)28)24-9-5-2-6-10-24/h1-10,19,22H,11-18,20-21H2. The van der Waals surface area contributed by atoms with Crippen molar-refractivity contribution >= 4 is 22.2 Å². The number of carbonyl (C=O) groups is 1. The minimum absolute atomic E-state index is 0.0290. The molecule has 7 nitrogen and oxygen atoms in total. The lowest BCUT2D eigenvalue weighted by molar-refractivity contribution is -0.136. The van der Waals surface area contributed by atoms with Crippen LogP contribution in [0.4, 0.5) is 0 Å². The first-order valence-corrected chi connectivity index (χ1v) is 13.3. The molecule has 3 heterocycles. The zero-order valence-corrected chi connectivity index (χ0v) is 21.2. The van der Waals surface area contributed by atoms with Crippen LogP contribution in [0.1, 0.15) is 11.3 Å². The van der Waals surface area contributed by atoms with Crippen molar-refractivity contribution < 1.29 is 14.3 Å². The zero-order chi connectivity index (χ0) is 24.6. The van der Waals surface area contributed by atoms with Gasteiger partial charge in [0.1, 0.15) is 6.61 Å².